The molecule has 4 heteroatoms. The van der Waals surface area contributed by atoms with Gasteiger partial charge in [0.1, 0.15) is 12.2 Å². The minimum Gasteiger partial charge on any atom is -0.263 e. The molecule has 0 atom stereocenters. The largest absolute Gasteiger partial charge is 0.296 e. The molecule has 0 aliphatic carbocycles. The zero-order valence-corrected chi connectivity index (χ0v) is 14.2. The second kappa shape index (κ2) is 4.77. The molecule has 0 fully saturated rings. The molecule has 0 amide bonds. The molecule has 6 rings (SSSR count). The fourth-order valence-corrected chi connectivity index (χ4v) is 5.09. The summed E-state index contributed by atoms with van der Waals surface area (Å²) in [5, 5.41) is 1.28. The van der Waals surface area contributed by atoms with Gasteiger partial charge in [-0.1, -0.05) is 47.7 Å². The van der Waals surface area contributed by atoms with Crippen LogP contribution in [0.4, 0.5) is 0 Å². The van der Waals surface area contributed by atoms with Gasteiger partial charge in [0, 0.05) is 23.3 Å². The number of para-hydroxylation sites is 1. The second-order valence-electron chi connectivity index (χ2n) is 6.37. The first-order chi connectivity index (χ1) is 12.4. The fraction of sp³-hybridized carbons (Fsp3) is 0.0476. The van der Waals surface area contributed by atoms with E-state index in [0.29, 0.717) is 0 Å². The van der Waals surface area contributed by atoms with E-state index in [4.69, 9.17) is 0 Å². The first-order valence-corrected chi connectivity index (χ1v) is 9.18. The number of rotatable bonds is 1. The van der Waals surface area contributed by atoms with E-state index in [1.807, 2.05) is 23.7 Å². The highest BCUT2D eigenvalue weighted by Crippen LogP contribution is 2.40. The third-order valence-electron chi connectivity index (χ3n) is 4.99. The lowest BCUT2D eigenvalue weighted by atomic mass is 10.1. The highest BCUT2D eigenvalue weighted by Gasteiger charge is 2.36. The van der Waals surface area contributed by atoms with Gasteiger partial charge in [0.05, 0.1) is 10.3 Å². The molecule has 0 spiro atoms. The van der Waals surface area contributed by atoms with E-state index < -0.39 is 0 Å². The molecule has 1 aliphatic rings. The predicted octanol–water partition coefficient (Wildman–Crippen LogP) is 4.56. The zero-order chi connectivity index (χ0) is 16.4. The van der Waals surface area contributed by atoms with Gasteiger partial charge in [0.2, 0.25) is 4.83 Å². The van der Waals surface area contributed by atoms with Crippen molar-refractivity contribution in [2.75, 3.05) is 0 Å². The van der Waals surface area contributed by atoms with Crippen LogP contribution in [0, 0.1) is 0 Å². The summed E-state index contributed by atoms with van der Waals surface area (Å²) in [5.41, 5.74) is 5.21. The Hall–Kier alpha value is -2.98. The monoisotopic (exact) mass is 340 g/mol. The van der Waals surface area contributed by atoms with Crippen LogP contribution in [0.3, 0.4) is 0 Å². The molecule has 1 aliphatic heterocycles. The van der Waals surface area contributed by atoms with Gasteiger partial charge in [0.25, 0.3) is 5.82 Å². The molecule has 0 saturated heterocycles. The first-order valence-electron chi connectivity index (χ1n) is 8.36. The smallest absolute Gasteiger partial charge is 0.263 e. The maximum absolute atomic E-state index is 4.32. The van der Waals surface area contributed by atoms with Crippen LogP contribution in [0.25, 0.3) is 37.5 Å². The number of hydrogen-bond acceptors (Lipinski definition) is 2. The van der Waals surface area contributed by atoms with Gasteiger partial charge < -0.3 is 0 Å². The third kappa shape index (κ3) is 1.69. The van der Waals surface area contributed by atoms with Crippen molar-refractivity contribution in [3.8, 4) is 17.1 Å². The molecule has 25 heavy (non-hydrogen) atoms. The molecule has 3 aromatic heterocycles. The summed E-state index contributed by atoms with van der Waals surface area (Å²) >= 11 is 1.83. The number of fused-ring (bicyclic) bond motifs is 7. The number of benzene rings is 2. The first kappa shape index (κ1) is 13.3. The van der Waals surface area contributed by atoms with Crippen LogP contribution < -0.4 is 4.57 Å². The number of pyridine rings is 1. The lowest BCUT2D eigenvalue weighted by Gasteiger charge is -2.02. The molecule has 2 aromatic carbocycles. The molecule has 0 unspecified atom stereocenters. The van der Waals surface area contributed by atoms with Gasteiger partial charge in [-0.15, -0.1) is 0 Å². The highest BCUT2D eigenvalue weighted by molar-refractivity contribution is 7.25. The van der Waals surface area contributed by atoms with E-state index in [-0.39, 0.29) is 0 Å². The van der Waals surface area contributed by atoms with Crippen molar-refractivity contribution in [1.82, 2.24) is 9.55 Å². The van der Waals surface area contributed by atoms with Crippen LogP contribution in [0.2, 0.25) is 0 Å². The Morgan fingerprint density at radius 2 is 1.80 bits per heavy atom. The van der Waals surface area contributed by atoms with Crippen molar-refractivity contribution in [2.24, 2.45) is 0 Å². The molecule has 5 aromatic rings. The van der Waals surface area contributed by atoms with E-state index in [2.05, 4.69) is 74.8 Å². The fourth-order valence-electron chi connectivity index (χ4n) is 3.93. The molecular formula is C21H14N3S+. The van der Waals surface area contributed by atoms with Gasteiger partial charge in [-0.05, 0) is 24.3 Å². The average molecular weight is 340 g/mol. The van der Waals surface area contributed by atoms with Crippen LogP contribution in [0.5, 0.6) is 0 Å². The van der Waals surface area contributed by atoms with Crippen LogP contribution in [0.15, 0.2) is 73.1 Å². The van der Waals surface area contributed by atoms with Gasteiger partial charge in [-0.25, -0.2) is 4.57 Å². The summed E-state index contributed by atoms with van der Waals surface area (Å²) in [7, 11) is 0. The predicted molar refractivity (Wildman–Crippen MR) is 101 cm³/mol. The molecule has 4 heterocycles. The van der Waals surface area contributed by atoms with E-state index in [1.165, 1.54) is 43.1 Å². The standard InChI is InChI=1S/C21H14N3S/c1-2-7-15(8-3-1)24-19-17-10-11-22-12-18(17)25-21(19)23-13-14-6-4-5-9-16(14)20(23)24/h1-12H,13H2/q+1. The highest BCUT2D eigenvalue weighted by atomic mass is 32.1. The summed E-state index contributed by atoms with van der Waals surface area (Å²) in [6.07, 6.45) is 3.87. The Morgan fingerprint density at radius 1 is 0.960 bits per heavy atom. The Kier molecular flexibility index (Phi) is 2.54. The number of thiophene rings is 1. The van der Waals surface area contributed by atoms with Crippen LogP contribution in [-0.4, -0.2) is 9.55 Å². The lowest BCUT2D eigenvalue weighted by Crippen LogP contribution is -2.30. The zero-order valence-electron chi connectivity index (χ0n) is 13.4. The van der Waals surface area contributed by atoms with Crippen LogP contribution >= 0.6 is 11.3 Å². The normalized spacial score (nSPS) is 12.6. The summed E-state index contributed by atoms with van der Waals surface area (Å²) in [5.74, 6) is 1.28. The van der Waals surface area contributed by atoms with Crippen molar-refractivity contribution in [2.45, 2.75) is 6.54 Å². The lowest BCUT2D eigenvalue weighted by molar-refractivity contribution is -0.643. The minimum absolute atomic E-state index is 0.933. The average Bonchev–Trinajstić information content (AvgIpc) is 3.30. The minimum atomic E-state index is 0.933. The van der Waals surface area contributed by atoms with Crippen molar-refractivity contribution in [3.63, 3.8) is 0 Å². The van der Waals surface area contributed by atoms with E-state index in [1.54, 1.807) is 0 Å². The number of hydrogen-bond donors (Lipinski definition) is 0. The van der Waals surface area contributed by atoms with Crippen molar-refractivity contribution in [1.29, 1.82) is 0 Å². The van der Waals surface area contributed by atoms with E-state index >= 15 is 0 Å². The summed E-state index contributed by atoms with van der Waals surface area (Å²) in [4.78, 5) is 5.63. The van der Waals surface area contributed by atoms with Gasteiger partial charge >= 0.3 is 0 Å². The van der Waals surface area contributed by atoms with Crippen LogP contribution in [-0.2, 0) is 6.54 Å². The summed E-state index contributed by atoms with van der Waals surface area (Å²) in [6, 6.07) is 21.5. The van der Waals surface area contributed by atoms with E-state index in [9.17, 15) is 0 Å². The van der Waals surface area contributed by atoms with Gasteiger partial charge in [-0.3, -0.25) is 4.98 Å². The number of aromatic nitrogens is 3. The van der Waals surface area contributed by atoms with Crippen LogP contribution in [0.1, 0.15) is 5.56 Å². The molecule has 3 nitrogen and oxygen atoms in total. The van der Waals surface area contributed by atoms with Gasteiger partial charge in [-0.2, -0.15) is 4.57 Å². The number of imidazole rings is 1. The van der Waals surface area contributed by atoms with Crippen molar-refractivity contribution < 1.29 is 4.57 Å². The van der Waals surface area contributed by atoms with Gasteiger partial charge in [0.15, 0.2) is 5.52 Å². The third-order valence-corrected chi connectivity index (χ3v) is 6.14. The quantitative estimate of drug-likeness (QED) is 0.402. The maximum Gasteiger partial charge on any atom is 0.296 e. The molecular weight excluding hydrogens is 326 g/mol. The second-order valence-corrected chi connectivity index (χ2v) is 7.40. The summed E-state index contributed by atoms with van der Waals surface area (Å²) in [6.45, 7) is 0.933. The Labute approximate surface area is 148 Å². The Morgan fingerprint density at radius 3 is 2.72 bits per heavy atom. The van der Waals surface area contributed by atoms with E-state index in [0.717, 1.165) is 6.54 Å². The molecule has 0 saturated carbocycles. The molecule has 118 valence electrons. The summed E-state index contributed by atoms with van der Waals surface area (Å²) < 4.78 is 6.11. The Balaban J connectivity index is 1.84. The SMILES string of the molecule is c1ccc(-n2c3[n+](c4sc5cnccc5c42)Cc2ccccc2-3)cc1. The van der Waals surface area contributed by atoms with Crippen molar-refractivity contribution >= 4 is 31.8 Å². The maximum atomic E-state index is 4.32. The molecule has 0 bridgehead atoms. The van der Waals surface area contributed by atoms with Crippen molar-refractivity contribution in [3.05, 3.63) is 78.6 Å². The Bertz CT molecular complexity index is 1260. The topological polar surface area (TPSA) is 21.7 Å². The molecule has 0 N–H and O–H groups in total. The molecule has 0 radical (unpaired) electrons. The number of nitrogens with zero attached hydrogens (tertiary/aromatic N) is 3.